The number of hydrogen-bond acceptors (Lipinski definition) is 5. The molecule has 120 valence electrons. The summed E-state index contributed by atoms with van der Waals surface area (Å²) in [5.41, 5.74) is 8.48. The highest BCUT2D eigenvalue weighted by molar-refractivity contribution is 5.99. The van der Waals surface area contributed by atoms with Crippen LogP contribution in [0.3, 0.4) is 0 Å². The van der Waals surface area contributed by atoms with E-state index in [1.165, 1.54) is 11.8 Å². The summed E-state index contributed by atoms with van der Waals surface area (Å²) in [4.78, 5) is 32.9. The predicted molar refractivity (Wildman–Crippen MR) is 87.4 cm³/mol. The first-order chi connectivity index (χ1) is 10.9. The summed E-state index contributed by atoms with van der Waals surface area (Å²) in [7, 11) is 3.32. The Morgan fingerprint density at radius 2 is 1.96 bits per heavy atom. The van der Waals surface area contributed by atoms with Crippen LogP contribution in [-0.2, 0) is 11.3 Å². The molecule has 7 heteroatoms. The molecule has 0 spiro atoms. The number of nitrogens with zero attached hydrogens (tertiary/aromatic N) is 3. The van der Waals surface area contributed by atoms with Crippen LogP contribution >= 0.6 is 0 Å². The van der Waals surface area contributed by atoms with Crippen LogP contribution in [0.5, 0.6) is 0 Å². The summed E-state index contributed by atoms with van der Waals surface area (Å²) in [6, 6.07) is 5.36. The van der Waals surface area contributed by atoms with Crippen LogP contribution in [0.1, 0.15) is 23.0 Å². The Morgan fingerprint density at radius 1 is 1.22 bits per heavy atom. The number of pyridine rings is 2. The average molecular weight is 313 g/mol. The zero-order chi connectivity index (χ0) is 17.0. The molecule has 0 saturated heterocycles. The van der Waals surface area contributed by atoms with Crippen LogP contribution in [0.2, 0.25) is 0 Å². The molecule has 0 atom stereocenters. The van der Waals surface area contributed by atoms with Gasteiger partial charge in [0.2, 0.25) is 5.91 Å². The number of nitrogens with one attached hydrogen (secondary N) is 1. The van der Waals surface area contributed by atoms with Gasteiger partial charge in [-0.05, 0) is 23.8 Å². The Kier molecular flexibility index (Phi) is 4.90. The molecule has 23 heavy (non-hydrogen) atoms. The van der Waals surface area contributed by atoms with Crippen LogP contribution < -0.4 is 11.1 Å². The molecule has 0 aromatic carbocycles. The van der Waals surface area contributed by atoms with Gasteiger partial charge >= 0.3 is 0 Å². The fraction of sp³-hybridized carbons (Fsp3) is 0.250. The fourth-order valence-corrected chi connectivity index (χ4v) is 2.01. The topological polar surface area (TPSA) is 101 Å². The van der Waals surface area contributed by atoms with E-state index in [4.69, 9.17) is 5.73 Å². The van der Waals surface area contributed by atoms with Crippen LogP contribution in [0.4, 0.5) is 5.82 Å². The summed E-state index contributed by atoms with van der Waals surface area (Å²) < 4.78 is 0. The highest BCUT2D eigenvalue weighted by atomic mass is 16.2. The molecule has 0 radical (unpaired) electrons. The highest BCUT2D eigenvalue weighted by Crippen LogP contribution is 2.23. The van der Waals surface area contributed by atoms with Crippen molar-refractivity contribution >= 4 is 17.6 Å². The van der Waals surface area contributed by atoms with Gasteiger partial charge in [0, 0.05) is 39.0 Å². The lowest BCUT2D eigenvalue weighted by Gasteiger charge is -2.13. The number of anilines is 1. The number of rotatable bonds is 4. The first kappa shape index (κ1) is 16.4. The number of nitrogens with two attached hydrogens (primary N) is 1. The number of amides is 2. The van der Waals surface area contributed by atoms with Crippen molar-refractivity contribution in [2.75, 3.05) is 19.8 Å². The minimum Gasteiger partial charge on any atom is -0.383 e. The molecule has 0 aliphatic heterocycles. The molecule has 0 saturated carbocycles. The Morgan fingerprint density at radius 3 is 2.61 bits per heavy atom. The minimum atomic E-state index is -0.204. The normalized spacial score (nSPS) is 10.2. The van der Waals surface area contributed by atoms with Crippen LogP contribution in [0.25, 0.3) is 11.1 Å². The lowest BCUT2D eigenvalue weighted by molar-refractivity contribution is -0.119. The minimum absolute atomic E-state index is 0.120. The van der Waals surface area contributed by atoms with E-state index in [2.05, 4.69) is 15.3 Å². The van der Waals surface area contributed by atoms with Crippen molar-refractivity contribution in [1.82, 2.24) is 20.2 Å². The number of aromatic nitrogens is 2. The molecule has 0 unspecified atom stereocenters. The van der Waals surface area contributed by atoms with E-state index in [0.29, 0.717) is 12.1 Å². The van der Waals surface area contributed by atoms with Gasteiger partial charge < -0.3 is 16.0 Å². The van der Waals surface area contributed by atoms with Crippen LogP contribution in [-0.4, -0.2) is 40.8 Å². The molecule has 2 aromatic heterocycles. The second-order valence-electron chi connectivity index (χ2n) is 5.30. The second kappa shape index (κ2) is 6.87. The zero-order valence-electron chi connectivity index (χ0n) is 13.3. The maximum absolute atomic E-state index is 12.1. The molecule has 2 rings (SSSR count). The molecule has 0 fully saturated rings. The summed E-state index contributed by atoms with van der Waals surface area (Å²) in [5, 5.41) is 2.70. The van der Waals surface area contributed by atoms with E-state index in [0.717, 1.165) is 16.8 Å². The molecule has 0 bridgehead atoms. The van der Waals surface area contributed by atoms with E-state index in [1.807, 2.05) is 12.1 Å². The number of nitrogen functional groups attached to an aromatic ring is 1. The van der Waals surface area contributed by atoms with Crippen LogP contribution in [0, 0.1) is 0 Å². The summed E-state index contributed by atoms with van der Waals surface area (Å²) in [6.07, 6.45) is 3.26. The molecule has 0 aliphatic rings. The third kappa shape index (κ3) is 4.03. The summed E-state index contributed by atoms with van der Waals surface area (Å²) >= 11 is 0. The van der Waals surface area contributed by atoms with Gasteiger partial charge in [0.1, 0.15) is 5.82 Å². The molecule has 3 N–H and O–H groups in total. The Bertz CT molecular complexity index is 743. The first-order valence-electron chi connectivity index (χ1n) is 7.05. The van der Waals surface area contributed by atoms with E-state index in [1.54, 1.807) is 32.6 Å². The smallest absolute Gasteiger partial charge is 0.257 e. The third-order valence-electron chi connectivity index (χ3n) is 3.22. The van der Waals surface area contributed by atoms with Gasteiger partial charge in [0.05, 0.1) is 17.8 Å². The lowest BCUT2D eigenvalue weighted by Crippen LogP contribution is -2.23. The highest BCUT2D eigenvalue weighted by Gasteiger charge is 2.14. The monoisotopic (exact) mass is 313 g/mol. The van der Waals surface area contributed by atoms with Crippen molar-refractivity contribution in [3.05, 3.63) is 41.9 Å². The summed E-state index contributed by atoms with van der Waals surface area (Å²) in [5.74, 6) is -0.130. The number of hydrogen-bond donors (Lipinski definition) is 2. The van der Waals surface area contributed by atoms with Crippen molar-refractivity contribution in [3.63, 3.8) is 0 Å². The van der Waals surface area contributed by atoms with Gasteiger partial charge in [-0.2, -0.15) is 0 Å². The third-order valence-corrected chi connectivity index (χ3v) is 3.22. The van der Waals surface area contributed by atoms with Crippen molar-refractivity contribution in [2.24, 2.45) is 0 Å². The predicted octanol–water partition coefficient (Wildman–Crippen LogP) is 1.06. The average Bonchev–Trinajstić information content (AvgIpc) is 2.53. The zero-order valence-corrected chi connectivity index (χ0v) is 13.3. The summed E-state index contributed by atoms with van der Waals surface area (Å²) in [6.45, 7) is 1.79. The van der Waals surface area contributed by atoms with Crippen molar-refractivity contribution < 1.29 is 9.59 Å². The molecular weight excluding hydrogens is 294 g/mol. The van der Waals surface area contributed by atoms with Gasteiger partial charge in [-0.15, -0.1) is 0 Å². The van der Waals surface area contributed by atoms with Gasteiger partial charge in [0.15, 0.2) is 0 Å². The van der Waals surface area contributed by atoms with Crippen molar-refractivity contribution in [2.45, 2.75) is 13.5 Å². The Labute approximate surface area is 134 Å². The fourth-order valence-electron chi connectivity index (χ4n) is 2.01. The Hall–Kier alpha value is -2.96. The van der Waals surface area contributed by atoms with Gasteiger partial charge in [-0.25, -0.2) is 4.98 Å². The lowest BCUT2D eigenvalue weighted by atomic mass is 10.1. The van der Waals surface area contributed by atoms with Gasteiger partial charge in [-0.3, -0.25) is 14.6 Å². The molecule has 0 aliphatic carbocycles. The van der Waals surface area contributed by atoms with Gasteiger partial charge in [-0.1, -0.05) is 0 Å². The number of carbonyl (C=O) groups excluding carboxylic acids is 2. The Balaban J connectivity index is 2.35. The van der Waals surface area contributed by atoms with Crippen molar-refractivity contribution in [1.29, 1.82) is 0 Å². The van der Waals surface area contributed by atoms with Crippen molar-refractivity contribution in [3.8, 4) is 11.1 Å². The maximum Gasteiger partial charge on any atom is 0.257 e. The second-order valence-corrected chi connectivity index (χ2v) is 5.30. The van der Waals surface area contributed by atoms with Gasteiger partial charge in [0.25, 0.3) is 5.91 Å². The van der Waals surface area contributed by atoms with Crippen LogP contribution in [0.15, 0.2) is 30.6 Å². The quantitative estimate of drug-likeness (QED) is 0.879. The van der Waals surface area contributed by atoms with E-state index >= 15 is 0 Å². The van der Waals surface area contributed by atoms with E-state index in [-0.39, 0.29) is 17.6 Å². The van der Waals surface area contributed by atoms with E-state index in [9.17, 15) is 9.59 Å². The molecule has 2 heterocycles. The molecule has 7 nitrogen and oxygen atoms in total. The molecule has 2 aromatic rings. The SMILES string of the molecule is CC(=O)NCc1cc(-c2cnc(N)c(C(=O)N(C)C)c2)ccn1. The maximum atomic E-state index is 12.1. The molecule has 2 amide bonds. The first-order valence-corrected chi connectivity index (χ1v) is 7.05. The molecular formula is C16H19N5O2. The largest absolute Gasteiger partial charge is 0.383 e. The number of carbonyl (C=O) groups is 2. The standard InChI is InChI=1S/C16H19N5O2/c1-10(22)19-9-13-6-11(4-5-18-13)12-7-14(15(17)20-8-12)16(23)21(2)3/h4-8H,9H2,1-3H3,(H2,17,20)(H,19,22). The van der Waals surface area contributed by atoms with E-state index < -0.39 is 0 Å².